The lowest BCUT2D eigenvalue weighted by molar-refractivity contribution is 0.0940. The Balaban J connectivity index is 2.01. The predicted octanol–water partition coefficient (Wildman–Crippen LogP) is 1.53. The van der Waals surface area contributed by atoms with Crippen LogP contribution >= 0.6 is 11.3 Å². The number of nitrogens with two attached hydrogens (primary N) is 1. The normalized spacial score (nSPS) is 11.2. The lowest BCUT2D eigenvalue weighted by Crippen LogP contribution is -2.36. The van der Waals surface area contributed by atoms with Gasteiger partial charge in [0, 0.05) is 16.8 Å². The Bertz CT molecular complexity index is 582. The van der Waals surface area contributed by atoms with Gasteiger partial charge in [-0.05, 0) is 11.4 Å². The van der Waals surface area contributed by atoms with Crippen LogP contribution in [0.2, 0.25) is 0 Å². The lowest BCUT2D eigenvalue weighted by Gasteiger charge is -2.23. The van der Waals surface area contributed by atoms with Crippen LogP contribution in [0.15, 0.2) is 29.9 Å². The number of hydrazine groups is 1. The van der Waals surface area contributed by atoms with Crippen LogP contribution in [-0.4, -0.2) is 22.4 Å². The second kappa shape index (κ2) is 5.98. The first kappa shape index (κ1) is 14.4. The van der Waals surface area contributed by atoms with Crippen molar-refractivity contribution in [3.05, 3.63) is 40.5 Å². The van der Waals surface area contributed by atoms with Crippen molar-refractivity contribution in [1.82, 2.24) is 15.3 Å². The molecule has 1 amide bonds. The highest BCUT2D eigenvalue weighted by Gasteiger charge is 2.23. The molecule has 0 saturated carbocycles. The number of hydrogen-bond donors (Lipinski definition) is 3. The van der Waals surface area contributed by atoms with E-state index in [0.717, 1.165) is 0 Å². The third-order valence-electron chi connectivity index (χ3n) is 2.89. The molecule has 0 radical (unpaired) electrons. The van der Waals surface area contributed by atoms with Crippen LogP contribution in [-0.2, 0) is 5.41 Å². The van der Waals surface area contributed by atoms with Crippen molar-refractivity contribution in [1.29, 1.82) is 0 Å². The minimum atomic E-state index is -0.265. The summed E-state index contributed by atoms with van der Waals surface area (Å²) in [5.74, 6) is 5.34. The summed E-state index contributed by atoms with van der Waals surface area (Å²) in [6.45, 7) is 4.69. The maximum absolute atomic E-state index is 12.1. The molecule has 2 aromatic heterocycles. The van der Waals surface area contributed by atoms with E-state index in [1.807, 2.05) is 11.4 Å². The van der Waals surface area contributed by atoms with E-state index in [-0.39, 0.29) is 17.0 Å². The van der Waals surface area contributed by atoms with Crippen LogP contribution in [0.25, 0.3) is 0 Å². The monoisotopic (exact) mass is 291 g/mol. The summed E-state index contributed by atoms with van der Waals surface area (Å²) in [4.78, 5) is 21.2. The number of aromatic nitrogens is 2. The number of thiophene rings is 1. The fraction of sp³-hybridized carbons (Fsp3) is 0.308. The van der Waals surface area contributed by atoms with Crippen LogP contribution in [0.3, 0.4) is 0 Å². The second-order valence-corrected chi connectivity index (χ2v) is 5.93. The fourth-order valence-electron chi connectivity index (χ4n) is 1.69. The summed E-state index contributed by atoms with van der Waals surface area (Å²) >= 11 is 1.68. The topological polar surface area (TPSA) is 92.9 Å². The van der Waals surface area contributed by atoms with E-state index in [1.165, 1.54) is 17.3 Å². The number of rotatable bonds is 5. The van der Waals surface area contributed by atoms with Crippen molar-refractivity contribution < 1.29 is 4.79 Å². The molecule has 20 heavy (non-hydrogen) atoms. The second-order valence-electron chi connectivity index (χ2n) is 4.98. The number of carbonyl (C=O) groups is 1. The number of amides is 1. The molecule has 106 valence electrons. The van der Waals surface area contributed by atoms with Crippen molar-refractivity contribution in [3.63, 3.8) is 0 Å². The minimum Gasteiger partial charge on any atom is -0.350 e. The quantitative estimate of drug-likeness (QED) is 0.574. The molecule has 0 saturated heterocycles. The van der Waals surface area contributed by atoms with Crippen molar-refractivity contribution in [2.75, 3.05) is 12.0 Å². The van der Waals surface area contributed by atoms with E-state index in [9.17, 15) is 4.79 Å². The van der Waals surface area contributed by atoms with Gasteiger partial charge in [-0.3, -0.25) is 9.78 Å². The molecule has 2 heterocycles. The zero-order valence-corrected chi connectivity index (χ0v) is 12.2. The van der Waals surface area contributed by atoms with Gasteiger partial charge in [0.25, 0.3) is 5.91 Å². The highest BCUT2D eigenvalue weighted by atomic mass is 32.1. The first-order valence-electron chi connectivity index (χ1n) is 6.14. The molecule has 2 aromatic rings. The Morgan fingerprint density at radius 2 is 2.25 bits per heavy atom. The SMILES string of the molecule is CC(C)(CNC(=O)c1cncc(NN)n1)c1cccs1. The van der Waals surface area contributed by atoms with Gasteiger partial charge in [-0.1, -0.05) is 19.9 Å². The van der Waals surface area contributed by atoms with Crippen LogP contribution in [0, 0.1) is 0 Å². The van der Waals surface area contributed by atoms with Crippen LogP contribution in [0.1, 0.15) is 29.2 Å². The minimum absolute atomic E-state index is 0.124. The number of anilines is 1. The molecule has 0 fully saturated rings. The summed E-state index contributed by atoms with van der Waals surface area (Å²) in [6.07, 6.45) is 2.86. The summed E-state index contributed by atoms with van der Waals surface area (Å²) < 4.78 is 0. The molecule has 0 aliphatic heterocycles. The molecule has 6 nitrogen and oxygen atoms in total. The molecule has 4 N–H and O–H groups in total. The first-order valence-corrected chi connectivity index (χ1v) is 7.02. The average molecular weight is 291 g/mol. The van der Waals surface area contributed by atoms with Gasteiger partial charge in [-0.15, -0.1) is 11.3 Å². The van der Waals surface area contributed by atoms with Gasteiger partial charge >= 0.3 is 0 Å². The van der Waals surface area contributed by atoms with E-state index in [1.54, 1.807) is 11.3 Å². The fourth-order valence-corrected chi connectivity index (χ4v) is 2.54. The predicted molar refractivity (Wildman–Crippen MR) is 79.5 cm³/mol. The first-order chi connectivity index (χ1) is 9.53. The largest absolute Gasteiger partial charge is 0.350 e. The highest BCUT2D eigenvalue weighted by molar-refractivity contribution is 7.10. The molecule has 0 aliphatic rings. The molecule has 0 atom stereocenters. The smallest absolute Gasteiger partial charge is 0.271 e. The van der Waals surface area contributed by atoms with Crippen LogP contribution < -0.4 is 16.6 Å². The van der Waals surface area contributed by atoms with Crippen LogP contribution in [0.4, 0.5) is 5.82 Å². The Kier molecular flexibility index (Phi) is 4.31. The molecule has 0 spiro atoms. The lowest BCUT2D eigenvalue weighted by atomic mass is 9.91. The summed E-state index contributed by atoms with van der Waals surface area (Å²) in [5.41, 5.74) is 2.48. The van der Waals surface area contributed by atoms with E-state index in [0.29, 0.717) is 12.4 Å². The zero-order chi connectivity index (χ0) is 14.6. The third-order valence-corrected chi connectivity index (χ3v) is 4.13. The Morgan fingerprint density at radius 3 is 2.90 bits per heavy atom. The number of nitrogen functional groups attached to an aromatic ring is 1. The van der Waals surface area contributed by atoms with Gasteiger partial charge in [0.05, 0.1) is 12.4 Å². The van der Waals surface area contributed by atoms with Gasteiger partial charge in [0.15, 0.2) is 5.82 Å². The number of nitrogens with zero attached hydrogens (tertiary/aromatic N) is 2. The standard InChI is InChI=1S/C13H17N5OS/c1-13(2,10-4-3-5-20-10)8-16-12(19)9-6-15-7-11(17-9)18-14/h3-7H,8,14H2,1-2H3,(H,16,19)(H,17,18). The number of nitrogens with one attached hydrogen (secondary N) is 2. The van der Waals surface area contributed by atoms with Gasteiger partial charge < -0.3 is 10.7 Å². The number of carbonyl (C=O) groups excluding carboxylic acids is 1. The maximum atomic E-state index is 12.1. The van der Waals surface area contributed by atoms with Gasteiger partial charge in [-0.2, -0.15) is 0 Å². The zero-order valence-electron chi connectivity index (χ0n) is 11.4. The molecule has 0 unspecified atom stereocenters. The molecule has 7 heteroatoms. The summed E-state index contributed by atoms with van der Waals surface area (Å²) in [7, 11) is 0. The Hall–Kier alpha value is -1.99. The van der Waals surface area contributed by atoms with E-state index < -0.39 is 0 Å². The molecular formula is C13H17N5OS. The number of hydrogen-bond acceptors (Lipinski definition) is 6. The molecular weight excluding hydrogens is 274 g/mol. The highest BCUT2D eigenvalue weighted by Crippen LogP contribution is 2.26. The van der Waals surface area contributed by atoms with E-state index in [4.69, 9.17) is 5.84 Å². The summed E-state index contributed by atoms with van der Waals surface area (Å²) in [6, 6.07) is 4.07. The van der Waals surface area contributed by atoms with E-state index >= 15 is 0 Å². The Labute approximate surface area is 121 Å². The molecule has 2 rings (SSSR count). The van der Waals surface area contributed by atoms with Crippen molar-refractivity contribution >= 4 is 23.1 Å². The van der Waals surface area contributed by atoms with Gasteiger partial charge in [-0.25, -0.2) is 10.8 Å². The molecule has 0 aromatic carbocycles. The third kappa shape index (κ3) is 3.31. The van der Waals surface area contributed by atoms with Gasteiger partial charge in [0.2, 0.25) is 0 Å². The van der Waals surface area contributed by atoms with Crippen molar-refractivity contribution in [2.24, 2.45) is 5.84 Å². The average Bonchev–Trinajstić information content (AvgIpc) is 3.00. The van der Waals surface area contributed by atoms with Crippen molar-refractivity contribution in [3.8, 4) is 0 Å². The molecule has 0 aliphatic carbocycles. The molecule has 0 bridgehead atoms. The summed E-state index contributed by atoms with van der Waals surface area (Å²) in [5, 5.41) is 4.90. The van der Waals surface area contributed by atoms with Gasteiger partial charge in [0.1, 0.15) is 5.69 Å². The Morgan fingerprint density at radius 1 is 1.45 bits per heavy atom. The van der Waals surface area contributed by atoms with Crippen LogP contribution in [0.5, 0.6) is 0 Å². The maximum Gasteiger partial charge on any atom is 0.271 e. The van der Waals surface area contributed by atoms with E-state index in [2.05, 4.69) is 40.6 Å². The van der Waals surface area contributed by atoms with Crippen molar-refractivity contribution in [2.45, 2.75) is 19.3 Å².